The lowest BCUT2D eigenvalue weighted by atomic mass is 9.99. The maximum atomic E-state index is 14.0. The van der Waals surface area contributed by atoms with Gasteiger partial charge in [-0.05, 0) is 41.0 Å². The number of nitrogens with zero attached hydrogens (tertiary/aromatic N) is 1. The molecule has 8 heteroatoms. The van der Waals surface area contributed by atoms with E-state index >= 15 is 0 Å². The number of alkyl halides is 4. The van der Waals surface area contributed by atoms with E-state index in [2.05, 4.69) is 4.98 Å². The molecule has 1 unspecified atom stereocenters. The third-order valence-electron chi connectivity index (χ3n) is 4.25. The predicted octanol–water partition coefficient (Wildman–Crippen LogP) is 4.55. The molecule has 0 saturated heterocycles. The van der Waals surface area contributed by atoms with Gasteiger partial charge in [-0.1, -0.05) is 12.1 Å². The summed E-state index contributed by atoms with van der Waals surface area (Å²) < 4.78 is 75.1. The smallest absolute Gasteiger partial charge is 0.255 e. The molecular formula is C18H15F4NO2S. The van der Waals surface area contributed by atoms with Crippen molar-refractivity contribution < 1.29 is 26.0 Å². The highest BCUT2D eigenvalue weighted by atomic mass is 32.2. The molecule has 0 fully saturated rings. The van der Waals surface area contributed by atoms with Gasteiger partial charge in [0.15, 0.2) is 9.84 Å². The van der Waals surface area contributed by atoms with Gasteiger partial charge in [0.05, 0.1) is 16.2 Å². The van der Waals surface area contributed by atoms with Crippen molar-refractivity contribution in [1.82, 2.24) is 4.98 Å². The van der Waals surface area contributed by atoms with Gasteiger partial charge in [0, 0.05) is 25.3 Å². The molecule has 3 nitrogen and oxygen atoms in total. The van der Waals surface area contributed by atoms with Crippen LogP contribution in [0.1, 0.15) is 29.7 Å². The molecule has 26 heavy (non-hydrogen) atoms. The molecule has 0 N–H and O–H groups in total. The number of aromatic nitrogens is 1. The molecule has 0 radical (unpaired) electrons. The van der Waals surface area contributed by atoms with Crippen LogP contribution in [0, 0.1) is 0 Å². The summed E-state index contributed by atoms with van der Waals surface area (Å²) >= 11 is 0. The molecule has 2 aromatic rings. The van der Waals surface area contributed by atoms with Crippen molar-refractivity contribution in [2.24, 2.45) is 0 Å². The van der Waals surface area contributed by atoms with E-state index in [9.17, 15) is 26.0 Å². The molecule has 1 aliphatic rings. The third-order valence-corrected chi connectivity index (χ3v) is 5.35. The molecule has 1 atom stereocenters. The van der Waals surface area contributed by atoms with Crippen molar-refractivity contribution in [3.8, 4) is 0 Å². The molecule has 0 amide bonds. The molecule has 1 aliphatic carbocycles. The summed E-state index contributed by atoms with van der Waals surface area (Å²) in [5, 5.41) is 0. The summed E-state index contributed by atoms with van der Waals surface area (Å²) in [6, 6.07) is 7.45. The van der Waals surface area contributed by atoms with Gasteiger partial charge in [0.2, 0.25) is 0 Å². The Bertz CT molecular complexity index is 946. The summed E-state index contributed by atoms with van der Waals surface area (Å²) in [5.74, 6) is 0. The predicted molar refractivity (Wildman–Crippen MR) is 89.7 cm³/mol. The average Bonchev–Trinajstić information content (AvgIpc) is 2.95. The second kappa shape index (κ2) is 6.50. The maximum absolute atomic E-state index is 14.0. The van der Waals surface area contributed by atoms with E-state index in [4.69, 9.17) is 0 Å². The first-order valence-corrected chi connectivity index (χ1v) is 9.65. The number of rotatable bonds is 3. The van der Waals surface area contributed by atoms with Crippen molar-refractivity contribution in [3.63, 3.8) is 0 Å². The van der Waals surface area contributed by atoms with Crippen molar-refractivity contribution in [2.75, 3.05) is 6.26 Å². The Kier molecular flexibility index (Phi) is 4.64. The topological polar surface area (TPSA) is 47.0 Å². The Labute approximate surface area is 148 Å². The molecular weight excluding hydrogens is 370 g/mol. The SMILES string of the molecule is CS(=O)(=O)c1ccc(C2=C(c3ccc(C(F)(F)F)cc3)CC(F)C2)nc1. The Morgan fingerprint density at radius 1 is 1.00 bits per heavy atom. The van der Waals surface area contributed by atoms with E-state index in [1.54, 1.807) is 0 Å². The van der Waals surface area contributed by atoms with Gasteiger partial charge in [-0.15, -0.1) is 0 Å². The Morgan fingerprint density at radius 3 is 2.12 bits per heavy atom. The quantitative estimate of drug-likeness (QED) is 0.729. The first kappa shape index (κ1) is 18.6. The van der Waals surface area contributed by atoms with Crippen LogP contribution in [0.15, 0.2) is 47.5 Å². The van der Waals surface area contributed by atoms with Crippen LogP contribution in [-0.4, -0.2) is 25.8 Å². The maximum Gasteiger partial charge on any atom is 0.416 e. The second-order valence-corrected chi connectivity index (χ2v) is 8.20. The van der Waals surface area contributed by atoms with E-state index < -0.39 is 27.7 Å². The monoisotopic (exact) mass is 385 g/mol. The van der Waals surface area contributed by atoms with Crippen LogP contribution < -0.4 is 0 Å². The fourth-order valence-electron chi connectivity index (χ4n) is 2.95. The highest BCUT2D eigenvalue weighted by Crippen LogP contribution is 2.41. The fraction of sp³-hybridized carbons (Fsp3) is 0.278. The van der Waals surface area contributed by atoms with Crippen molar-refractivity contribution in [3.05, 3.63) is 59.4 Å². The third kappa shape index (κ3) is 3.80. The molecule has 1 aromatic heterocycles. The highest BCUT2D eigenvalue weighted by molar-refractivity contribution is 7.90. The number of halogens is 4. The Balaban J connectivity index is 2.00. The van der Waals surface area contributed by atoms with Crippen LogP contribution >= 0.6 is 0 Å². The Hall–Kier alpha value is -2.22. The van der Waals surface area contributed by atoms with Crippen LogP contribution in [0.3, 0.4) is 0 Å². The minimum Gasteiger partial charge on any atom is -0.255 e. The van der Waals surface area contributed by atoms with Crippen LogP contribution in [0.5, 0.6) is 0 Å². The summed E-state index contributed by atoms with van der Waals surface area (Å²) in [5.41, 5.74) is 1.33. The van der Waals surface area contributed by atoms with Gasteiger partial charge in [0.25, 0.3) is 0 Å². The van der Waals surface area contributed by atoms with Gasteiger partial charge in [-0.3, -0.25) is 4.98 Å². The molecule has 1 heterocycles. The molecule has 0 aliphatic heterocycles. The van der Waals surface area contributed by atoms with Crippen molar-refractivity contribution in [1.29, 1.82) is 0 Å². The number of benzene rings is 1. The van der Waals surface area contributed by atoms with E-state index in [1.165, 1.54) is 30.5 Å². The largest absolute Gasteiger partial charge is 0.416 e. The lowest BCUT2D eigenvalue weighted by Crippen LogP contribution is -2.04. The summed E-state index contributed by atoms with van der Waals surface area (Å²) in [7, 11) is -3.40. The van der Waals surface area contributed by atoms with E-state index in [-0.39, 0.29) is 17.7 Å². The number of hydrogen-bond donors (Lipinski definition) is 0. The molecule has 0 bridgehead atoms. The first-order valence-electron chi connectivity index (χ1n) is 7.76. The zero-order valence-corrected chi connectivity index (χ0v) is 14.5. The second-order valence-electron chi connectivity index (χ2n) is 6.19. The molecule has 0 saturated carbocycles. The first-order chi connectivity index (χ1) is 12.1. The molecule has 1 aromatic carbocycles. The van der Waals surface area contributed by atoms with Crippen LogP contribution in [-0.2, 0) is 16.0 Å². The zero-order valence-electron chi connectivity index (χ0n) is 13.7. The fourth-order valence-corrected chi connectivity index (χ4v) is 3.51. The molecule has 138 valence electrons. The van der Waals surface area contributed by atoms with Gasteiger partial charge >= 0.3 is 6.18 Å². The minimum absolute atomic E-state index is 0.0488. The van der Waals surface area contributed by atoms with E-state index in [0.717, 1.165) is 18.4 Å². The minimum atomic E-state index is -4.43. The molecule has 0 spiro atoms. The summed E-state index contributed by atoms with van der Waals surface area (Å²) in [4.78, 5) is 4.16. The van der Waals surface area contributed by atoms with E-state index in [0.29, 0.717) is 22.4 Å². The zero-order chi connectivity index (χ0) is 19.1. The van der Waals surface area contributed by atoms with Gasteiger partial charge in [-0.25, -0.2) is 12.8 Å². The molecule has 3 rings (SSSR count). The van der Waals surface area contributed by atoms with Crippen LogP contribution in [0.4, 0.5) is 17.6 Å². The number of pyridine rings is 1. The average molecular weight is 385 g/mol. The van der Waals surface area contributed by atoms with Crippen molar-refractivity contribution in [2.45, 2.75) is 30.1 Å². The van der Waals surface area contributed by atoms with E-state index in [1.807, 2.05) is 0 Å². The number of sulfone groups is 1. The van der Waals surface area contributed by atoms with Gasteiger partial charge in [0.1, 0.15) is 6.17 Å². The van der Waals surface area contributed by atoms with Crippen LogP contribution in [0.25, 0.3) is 11.1 Å². The van der Waals surface area contributed by atoms with Crippen LogP contribution in [0.2, 0.25) is 0 Å². The van der Waals surface area contributed by atoms with Gasteiger partial charge in [-0.2, -0.15) is 13.2 Å². The normalized spacial score (nSPS) is 18.4. The summed E-state index contributed by atoms with van der Waals surface area (Å²) in [6.45, 7) is 0. The lowest BCUT2D eigenvalue weighted by Gasteiger charge is -2.10. The van der Waals surface area contributed by atoms with Crippen molar-refractivity contribution >= 4 is 21.0 Å². The Morgan fingerprint density at radius 2 is 1.62 bits per heavy atom. The van der Waals surface area contributed by atoms with Gasteiger partial charge < -0.3 is 0 Å². The standard InChI is InChI=1S/C18H15F4NO2S/c1-26(24,25)14-6-7-17(23-10-14)16-9-13(19)8-15(16)11-2-4-12(5-3-11)18(20,21)22/h2-7,10,13H,8-9H2,1H3. The summed E-state index contributed by atoms with van der Waals surface area (Å²) in [6.07, 6.45) is -3.16. The number of allylic oxidation sites excluding steroid dienone is 2. The number of hydrogen-bond acceptors (Lipinski definition) is 3. The lowest BCUT2D eigenvalue weighted by molar-refractivity contribution is -0.137. The highest BCUT2D eigenvalue weighted by Gasteiger charge is 2.31.